The normalized spacial score (nSPS) is 32.2. The third-order valence-electron chi connectivity index (χ3n) is 3.91. The Hall–Kier alpha value is -0.561. The second-order valence-electron chi connectivity index (χ2n) is 5.59. The predicted octanol–water partition coefficient (Wildman–Crippen LogP) is 2.93. The van der Waals surface area contributed by atoms with Gasteiger partial charge in [0.1, 0.15) is 0 Å². The Labute approximate surface area is 116 Å². The Morgan fingerprint density at radius 2 is 2.06 bits per heavy atom. The molecule has 2 unspecified atom stereocenters. The fraction of sp³-hybridized carbons (Fsp3) is 0.500. The molecule has 3 atom stereocenters. The van der Waals surface area contributed by atoms with E-state index in [1.807, 2.05) is 6.92 Å². The molecule has 0 amide bonds. The molecule has 1 aliphatic rings. The van der Waals surface area contributed by atoms with Crippen LogP contribution in [0.4, 0.5) is 0 Å². The summed E-state index contributed by atoms with van der Waals surface area (Å²) in [4.78, 5) is 0.405. The van der Waals surface area contributed by atoms with E-state index in [-0.39, 0.29) is 0 Å². The number of hydrogen-bond donors (Lipinski definition) is 1. The zero-order valence-corrected chi connectivity index (χ0v) is 12.9. The second kappa shape index (κ2) is 5.61. The molecule has 1 aliphatic carbocycles. The van der Waals surface area contributed by atoms with Crippen molar-refractivity contribution in [1.82, 2.24) is 0 Å². The van der Waals surface area contributed by atoms with E-state index >= 15 is 0 Å². The first kappa shape index (κ1) is 13.9. The molecule has 1 fully saturated rings. The fourth-order valence-electron chi connectivity index (χ4n) is 2.54. The van der Waals surface area contributed by atoms with Gasteiger partial charge in [0.25, 0.3) is 0 Å². The third-order valence-corrected chi connectivity index (χ3v) is 7.12. The van der Waals surface area contributed by atoms with Crippen molar-refractivity contribution in [2.75, 3.05) is 0 Å². The minimum absolute atomic E-state index is 0.346. The van der Waals surface area contributed by atoms with Crippen LogP contribution in [0.3, 0.4) is 0 Å². The van der Waals surface area contributed by atoms with Crippen LogP contribution in [0, 0.1) is 5.92 Å². The molecule has 2 rings (SSSR count). The van der Waals surface area contributed by atoms with Crippen molar-refractivity contribution in [2.24, 2.45) is 5.92 Å². The van der Waals surface area contributed by atoms with Gasteiger partial charge < -0.3 is 0 Å². The van der Waals surface area contributed by atoms with Crippen LogP contribution in [0.15, 0.2) is 42.5 Å². The van der Waals surface area contributed by atoms with Crippen LogP contribution in [-0.2, 0) is 0 Å². The van der Waals surface area contributed by atoms with Crippen molar-refractivity contribution in [3.8, 4) is 0 Å². The van der Waals surface area contributed by atoms with Gasteiger partial charge in [-0.25, -0.2) is 0 Å². The molecule has 0 aliphatic heterocycles. The van der Waals surface area contributed by atoms with Crippen LogP contribution in [0.5, 0.6) is 0 Å². The maximum atomic E-state index is 10.6. The summed E-state index contributed by atoms with van der Waals surface area (Å²) >= 11 is 0.346. The van der Waals surface area contributed by atoms with Crippen molar-refractivity contribution in [3.05, 3.63) is 42.5 Å². The standard InChI is InChI=1S/C16H22OSe/c1-12(2)13-9-10-16(3,17)15(11-13)18-14-7-5-4-6-8-14/h4-8,13,15,17H,1,9-11H2,2-3H3/t13-,15?,16?/m0/s1. The molecule has 0 saturated heterocycles. The summed E-state index contributed by atoms with van der Waals surface area (Å²) in [7, 11) is 0. The first-order chi connectivity index (χ1) is 8.49. The average Bonchev–Trinajstić information content (AvgIpc) is 2.33. The minimum atomic E-state index is -0.498. The number of allylic oxidation sites excluding steroid dienone is 1. The summed E-state index contributed by atoms with van der Waals surface area (Å²) in [6.07, 6.45) is 3.09. The van der Waals surface area contributed by atoms with Crippen LogP contribution in [0.25, 0.3) is 0 Å². The Morgan fingerprint density at radius 1 is 1.39 bits per heavy atom. The van der Waals surface area contributed by atoms with E-state index in [1.165, 1.54) is 10.0 Å². The van der Waals surface area contributed by atoms with Crippen LogP contribution >= 0.6 is 0 Å². The summed E-state index contributed by atoms with van der Waals surface area (Å²) in [6.45, 7) is 8.23. The predicted molar refractivity (Wildman–Crippen MR) is 78.4 cm³/mol. The molecule has 1 aromatic rings. The van der Waals surface area contributed by atoms with Crippen LogP contribution in [0.1, 0.15) is 33.1 Å². The third kappa shape index (κ3) is 3.26. The monoisotopic (exact) mass is 310 g/mol. The average molecular weight is 309 g/mol. The SMILES string of the molecule is C=C(C)[C@H]1CCC(C)(O)C([Se]c2ccccc2)C1. The van der Waals surface area contributed by atoms with Crippen molar-refractivity contribution in [2.45, 2.75) is 43.5 Å². The molecule has 98 valence electrons. The van der Waals surface area contributed by atoms with Crippen LogP contribution in [0.2, 0.25) is 4.82 Å². The van der Waals surface area contributed by atoms with Gasteiger partial charge in [0, 0.05) is 0 Å². The van der Waals surface area contributed by atoms with Gasteiger partial charge in [-0.2, -0.15) is 0 Å². The fourth-order valence-corrected chi connectivity index (χ4v) is 5.36. The van der Waals surface area contributed by atoms with Gasteiger partial charge in [0.05, 0.1) is 0 Å². The number of benzene rings is 1. The molecular weight excluding hydrogens is 287 g/mol. The van der Waals surface area contributed by atoms with E-state index in [4.69, 9.17) is 0 Å². The molecule has 1 aromatic carbocycles. The topological polar surface area (TPSA) is 20.2 Å². The quantitative estimate of drug-likeness (QED) is 0.672. The molecule has 1 N–H and O–H groups in total. The molecule has 0 aromatic heterocycles. The molecule has 0 heterocycles. The molecule has 2 heteroatoms. The zero-order valence-electron chi connectivity index (χ0n) is 11.2. The zero-order chi connectivity index (χ0) is 13.2. The molecule has 0 spiro atoms. The van der Waals surface area contributed by atoms with E-state index in [9.17, 15) is 5.11 Å². The van der Waals surface area contributed by atoms with Crippen molar-refractivity contribution in [3.63, 3.8) is 0 Å². The summed E-state index contributed by atoms with van der Waals surface area (Å²) in [5, 5.41) is 10.6. The second-order valence-corrected chi connectivity index (χ2v) is 8.27. The van der Waals surface area contributed by atoms with E-state index < -0.39 is 5.60 Å². The van der Waals surface area contributed by atoms with Gasteiger partial charge in [0.2, 0.25) is 0 Å². The summed E-state index contributed by atoms with van der Waals surface area (Å²) < 4.78 is 1.39. The van der Waals surface area contributed by atoms with Gasteiger partial charge in [-0.15, -0.1) is 0 Å². The Morgan fingerprint density at radius 3 is 2.67 bits per heavy atom. The van der Waals surface area contributed by atoms with Crippen molar-refractivity contribution >= 4 is 19.4 Å². The Balaban J connectivity index is 2.10. The van der Waals surface area contributed by atoms with Crippen molar-refractivity contribution < 1.29 is 5.11 Å². The molecular formula is C16H22OSe. The molecule has 1 saturated carbocycles. The number of aliphatic hydroxyl groups is 1. The van der Waals surface area contributed by atoms with E-state index in [2.05, 4.69) is 43.8 Å². The van der Waals surface area contributed by atoms with Gasteiger partial charge >= 0.3 is 116 Å². The number of hydrogen-bond acceptors (Lipinski definition) is 1. The summed E-state index contributed by atoms with van der Waals surface area (Å²) in [5.74, 6) is 0.598. The van der Waals surface area contributed by atoms with E-state index in [0.29, 0.717) is 25.7 Å². The summed E-state index contributed by atoms with van der Waals surface area (Å²) in [5.41, 5.74) is 0.779. The van der Waals surface area contributed by atoms with E-state index in [1.54, 1.807) is 0 Å². The Bertz CT molecular complexity index is 410. The molecule has 1 nitrogen and oxygen atoms in total. The van der Waals surface area contributed by atoms with Crippen LogP contribution < -0.4 is 4.46 Å². The van der Waals surface area contributed by atoms with Gasteiger partial charge in [-0.1, -0.05) is 0 Å². The molecule has 18 heavy (non-hydrogen) atoms. The van der Waals surface area contributed by atoms with Crippen LogP contribution in [-0.4, -0.2) is 25.7 Å². The van der Waals surface area contributed by atoms with Gasteiger partial charge in [0.15, 0.2) is 0 Å². The maximum absolute atomic E-state index is 10.6. The number of rotatable bonds is 3. The summed E-state index contributed by atoms with van der Waals surface area (Å²) in [6, 6.07) is 10.6. The van der Waals surface area contributed by atoms with Gasteiger partial charge in [-0.3, -0.25) is 0 Å². The Kier molecular flexibility index (Phi) is 4.32. The van der Waals surface area contributed by atoms with E-state index in [0.717, 1.165) is 19.3 Å². The molecule has 0 radical (unpaired) electrons. The van der Waals surface area contributed by atoms with Crippen molar-refractivity contribution in [1.29, 1.82) is 0 Å². The first-order valence-corrected chi connectivity index (χ1v) is 8.43. The first-order valence-electron chi connectivity index (χ1n) is 6.58. The van der Waals surface area contributed by atoms with Gasteiger partial charge in [-0.05, 0) is 0 Å². The molecule has 0 bridgehead atoms.